The molecule has 0 spiro atoms. The second kappa shape index (κ2) is 13.0. The molecule has 0 aromatic rings. The molecule has 0 saturated heterocycles. The first-order valence-corrected chi connectivity index (χ1v) is 11.5. The lowest BCUT2D eigenvalue weighted by Crippen LogP contribution is -2.27. The molecule has 2 aliphatic rings. The van der Waals surface area contributed by atoms with E-state index in [1.807, 2.05) is 0 Å². The van der Waals surface area contributed by atoms with Gasteiger partial charge < -0.3 is 4.74 Å². The highest BCUT2D eigenvalue weighted by atomic mass is 16.5. The number of rotatable bonds is 11. The second-order valence-electron chi connectivity index (χ2n) is 8.87. The van der Waals surface area contributed by atoms with Gasteiger partial charge in [-0.2, -0.15) is 0 Å². The Morgan fingerprint density at radius 2 is 1.36 bits per heavy atom. The van der Waals surface area contributed by atoms with Gasteiger partial charge in [0.15, 0.2) is 0 Å². The fourth-order valence-corrected chi connectivity index (χ4v) is 5.21. The van der Waals surface area contributed by atoms with Gasteiger partial charge in [0.2, 0.25) is 0 Å². The van der Waals surface area contributed by atoms with Gasteiger partial charge in [-0.3, -0.25) is 0 Å². The third kappa shape index (κ3) is 8.29. The molecule has 146 valence electrons. The van der Waals surface area contributed by atoms with Crippen molar-refractivity contribution in [1.82, 2.24) is 0 Å². The highest BCUT2D eigenvalue weighted by Gasteiger charge is 2.30. The first kappa shape index (κ1) is 21.0. The van der Waals surface area contributed by atoms with Crippen molar-refractivity contribution < 1.29 is 4.74 Å². The van der Waals surface area contributed by atoms with Crippen LogP contribution in [0.5, 0.6) is 0 Å². The zero-order valence-corrected chi connectivity index (χ0v) is 17.2. The summed E-state index contributed by atoms with van der Waals surface area (Å²) in [6.07, 6.45) is 24.9. The zero-order chi connectivity index (χ0) is 17.7. The minimum absolute atomic E-state index is 0.804. The molecule has 2 aliphatic carbocycles. The Morgan fingerprint density at radius 3 is 1.96 bits per heavy atom. The van der Waals surface area contributed by atoms with E-state index in [1.54, 1.807) is 0 Å². The average molecular weight is 349 g/mol. The SMILES string of the molecule is CC=CCOCC1CCC(C2CCC(CCCCCCC)CC2)CC1. The fraction of sp³-hybridized carbons (Fsp3) is 0.917. The van der Waals surface area contributed by atoms with Crippen LogP contribution in [0.3, 0.4) is 0 Å². The van der Waals surface area contributed by atoms with E-state index >= 15 is 0 Å². The second-order valence-corrected chi connectivity index (χ2v) is 8.87. The summed E-state index contributed by atoms with van der Waals surface area (Å²) in [6, 6.07) is 0. The van der Waals surface area contributed by atoms with Crippen LogP contribution in [-0.2, 0) is 4.74 Å². The van der Waals surface area contributed by atoms with Crippen molar-refractivity contribution in [2.45, 2.75) is 104 Å². The average Bonchev–Trinajstić information content (AvgIpc) is 2.66. The van der Waals surface area contributed by atoms with Gasteiger partial charge in [0, 0.05) is 6.61 Å². The highest BCUT2D eigenvalue weighted by molar-refractivity contribution is 4.82. The summed E-state index contributed by atoms with van der Waals surface area (Å²) in [6.45, 7) is 6.17. The highest BCUT2D eigenvalue weighted by Crippen LogP contribution is 2.42. The molecule has 1 heteroatoms. The number of hydrogen-bond acceptors (Lipinski definition) is 1. The molecule has 0 N–H and O–H groups in total. The summed E-state index contributed by atoms with van der Waals surface area (Å²) in [5.74, 6) is 3.99. The summed E-state index contributed by atoms with van der Waals surface area (Å²) in [4.78, 5) is 0. The van der Waals surface area contributed by atoms with Gasteiger partial charge in [0.05, 0.1) is 6.61 Å². The largest absolute Gasteiger partial charge is 0.377 e. The van der Waals surface area contributed by atoms with Crippen LogP contribution in [0, 0.1) is 23.7 Å². The van der Waals surface area contributed by atoms with Crippen LogP contribution in [0.2, 0.25) is 0 Å². The number of ether oxygens (including phenoxy) is 1. The molecule has 0 amide bonds. The van der Waals surface area contributed by atoms with Crippen LogP contribution in [0.1, 0.15) is 104 Å². The molecule has 0 bridgehead atoms. The molecule has 0 unspecified atom stereocenters. The van der Waals surface area contributed by atoms with Crippen molar-refractivity contribution in [2.75, 3.05) is 13.2 Å². The van der Waals surface area contributed by atoms with Crippen LogP contribution < -0.4 is 0 Å². The van der Waals surface area contributed by atoms with Crippen LogP contribution in [-0.4, -0.2) is 13.2 Å². The predicted octanol–water partition coefficient (Wildman–Crippen LogP) is 7.55. The lowest BCUT2D eigenvalue weighted by atomic mass is 9.69. The van der Waals surface area contributed by atoms with Crippen molar-refractivity contribution in [3.8, 4) is 0 Å². The molecule has 0 aromatic carbocycles. The minimum Gasteiger partial charge on any atom is -0.377 e. The van der Waals surface area contributed by atoms with Gasteiger partial charge in [-0.05, 0) is 69.1 Å². The van der Waals surface area contributed by atoms with Gasteiger partial charge in [0.1, 0.15) is 0 Å². The van der Waals surface area contributed by atoms with Crippen LogP contribution in [0.15, 0.2) is 12.2 Å². The number of allylic oxidation sites excluding steroid dienone is 1. The van der Waals surface area contributed by atoms with Crippen molar-refractivity contribution >= 4 is 0 Å². The van der Waals surface area contributed by atoms with E-state index in [0.717, 1.165) is 36.9 Å². The van der Waals surface area contributed by atoms with Gasteiger partial charge in [-0.15, -0.1) is 0 Å². The lowest BCUT2D eigenvalue weighted by Gasteiger charge is -2.38. The number of hydrogen-bond donors (Lipinski definition) is 0. The Hall–Kier alpha value is -0.300. The van der Waals surface area contributed by atoms with Crippen LogP contribution in [0.4, 0.5) is 0 Å². The molecule has 25 heavy (non-hydrogen) atoms. The normalized spacial score (nSPS) is 30.8. The maximum atomic E-state index is 5.78. The Bertz CT molecular complexity index is 332. The third-order valence-electron chi connectivity index (χ3n) is 6.97. The van der Waals surface area contributed by atoms with E-state index in [4.69, 9.17) is 4.74 Å². The third-order valence-corrected chi connectivity index (χ3v) is 6.97. The van der Waals surface area contributed by atoms with E-state index in [1.165, 1.54) is 89.9 Å². The first-order chi connectivity index (χ1) is 12.3. The van der Waals surface area contributed by atoms with Gasteiger partial charge in [-0.1, -0.05) is 70.4 Å². The molecule has 0 radical (unpaired) electrons. The quantitative estimate of drug-likeness (QED) is 0.276. The van der Waals surface area contributed by atoms with Crippen LogP contribution >= 0.6 is 0 Å². The molecule has 1 nitrogen and oxygen atoms in total. The fourth-order valence-electron chi connectivity index (χ4n) is 5.21. The number of unbranched alkanes of at least 4 members (excludes halogenated alkanes) is 4. The van der Waals surface area contributed by atoms with Crippen molar-refractivity contribution in [3.05, 3.63) is 12.2 Å². The first-order valence-electron chi connectivity index (χ1n) is 11.5. The molecule has 2 fully saturated rings. The van der Waals surface area contributed by atoms with E-state index in [9.17, 15) is 0 Å². The maximum Gasteiger partial charge on any atom is 0.0647 e. The minimum atomic E-state index is 0.804. The maximum absolute atomic E-state index is 5.78. The Morgan fingerprint density at radius 1 is 0.760 bits per heavy atom. The molecule has 0 aromatic heterocycles. The topological polar surface area (TPSA) is 9.23 Å². The van der Waals surface area contributed by atoms with Crippen LogP contribution in [0.25, 0.3) is 0 Å². The van der Waals surface area contributed by atoms with Crippen molar-refractivity contribution in [1.29, 1.82) is 0 Å². The molecule has 2 rings (SSSR count). The molecule has 0 aliphatic heterocycles. The summed E-state index contributed by atoms with van der Waals surface area (Å²) >= 11 is 0. The van der Waals surface area contributed by atoms with E-state index in [-0.39, 0.29) is 0 Å². The predicted molar refractivity (Wildman–Crippen MR) is 110 cm³/mol. The van der Waals surface area contributed by atoms with Crippen molar-refractivity contribution in [3.63, 3.8) is 0 Å². The van der Waals surface area contributed by atoms with Gasteiger partial charge >= 0.3 is 0 Å². The summed E-state index contributed by atoms with van der Waals surface area (Å²) in [5.41, 5.74) is 0. The lowest BCUT2D eigenvalue weighted by molar-refractivity contribution is 0.0778. The summed E-state index contributed by atoms with van der Waals surface area (Å²) in [7, 11) is 0. The van der Waals surface area contributed by atoms with Gasteiger partial charge in [0.25, 0.3) is 0 Å². The molecular formula is C24H44O. The van der Waals surface area contributed by atoms with Gasteiger partial charge in [-0.25, -0.2) is 0 Å². The molecular weight excluding hydrogens is 304 g/mol. The monoisotopic (exact) mass is 348 g/mol. The Labute approximate surface area is 158 Å². The van der Waals surface area contributed by atoms with E-state index in [0.29, 0.717) is 0 Å². The summed E-state index contributed by atoms with van der Waals surface area (Å²) in [5, 5.41) is 0. The Balaban J connectivity index is 1.53. The van der Waals surface area contributed by atoms with E-state index < -0.39 is 0 Å². The zero-order valence-electron chi connectivity index (χ0n) is 17.2. The van der Waals surface area contributed by atoms with E-state index in [2.05, 4.69) is 26.0 Å². The molecule has 0 atom stereocenters. The summed E-state index contributed by atoms with van der Waals surface area (Å²) < 4.78 is 5.78. The Kier molecular flexibility index (Phi) is 10.9. The smallest absolute Gasteiger partial charge is 0.0647 e. The van der Waals surface area contributed by atoms with Crippen molar-refractivity contribution in [2.24, 2.45) is 23.7 Å². The standard InChI is InChI=1S/C24H44O/c1-3-5-7-8-9-10-21-11-15-23(16-12-21)24-17-13-22(14-18-24)20-25-19-6-4-2/h4,6,21-24H,3,5,7-20H2,1-2H3. The molecule has 0 heterocycles. The molecule has 2 saturated carbocycles.